The average molecular weight is 148 g/mol. The summed E-state index contributed by atoms with van der Waals surface area (Å²) in [4.78, 5) is 9.77. The van der Waals surface area contributed by atoms with E-state index in [0.29, 0.717) is 0 Å². The lowest BCUT2D eigenvalue weighted by Crippen LogP contribution is -2.22. The van der Waals surface area contributed by atoms with E-state index in [2.05, 4.69) is 0 Å². The number of rotatable bonds is 3. The van der Waals surface area contributed by atoms with Crippen molar-refractivity contribution < 1.29 is 14.3 Å². The summed E-state index contributed by atoms with van der Waals surface area (Å²) in [5, 5.41) is 9.84. The van der Waals surface area contributed by atoms with E-state index in [1.165, 1.54) is 0 Å². The number of carbonyl (C=O) groups is 1. The zero-order valence-corrected chi connectivity index (χ0v) is 5.30. The van der Waals surface area contributed by atoms with Gasteiger partial charge in [0, 0.05) is 6.54 Å². The zero-order valence-electron chi connectivity index (χ0n) is 5.30. The molecule has 0 aromatic rings. The van der Waals surface area contributed by atoms with Gasteiger partial charge in [0.05, 0.1) is 6.54 Å². The Morgan fingerprint density at radius 1 is 1.80 bits per heavy atom. The van der Waals surface area contributed by atoms with Crippen LogP contribution in [-0.4, -0.2) is 24.3 Å². The lowest BCUT2D eigenvalue weighted by molar-refractivity contribution is 0.194. The molecule has 0 aliphatic rings. The van der Waals surface area contributed by atoms with Crippen LogP contribution in [0.1, 0.15) is 0 Å². The molecule has 0 saturated carbocycles. The topological polar surface area (TPSA) is 75.3 Å². The van der Waals surface area contributed by atoms with E-state index < -0.39 is 11.9 Å². The van der Waals surface area contributed by atoms with Gasteiger partial charge in [-0.15, -0.1) is 0 Å². The summed E-state index contributed by atoms with van der Waals surface area (Å²) in [6, 6.07) is 0. The molecule has 0 fully saturated rings. The highest BCUT2D eigenvalue weighted by atomic mass is 19.1. The second-order valence-corrected chi connectivity index (χ2v) is 1.55. The van der Waals surface area contributed by atoms with Crippen LogP contribution in [0.15, 0.2) is 11.9 Å². The largest absolute Gasteiger partial charge is 0.465 e. The van der Waals surface area contributed by atoms with E-state index in [4.69, 9.17) is 10.8 Å². The highest BCUT2D eigenvalue weighted by Crippen LogP contribution is 1.90. The van der Waals surface area contributed by atoms with Gasteiger partial charge in [-0.25, -0.2) is 9.18 Å². The van der Waals surface area contributed by atoms with Gasteiger partial charge in [-0.05, 0) is 6.08 Å². The molecule has 0 bridgehead atoms. The maximum absolute atomic E-state index is 12.2. The Balaban J connectivity index is 3.48. The summed E-state index contributed by atoms with van der Waals surface area (Å²) < 4.78 is 12.2. The monoisotopic (exact) mass is 148 g/mol. The molecule has 1 amide bonds. The summed E-state index contributed by atoms with van der Waals surface area (Å²) in [5.74, 6) is -0.565. The molecule has 0 aliphatic carbocycles. The van der Waals surface area contributed by atoms with Crippen molar-refractivity contribution in [2.24, 2.45) is 5.73 Å². The third-order valence-corrected chi connectivity index (χ3v) is 0.748. The molecular weight excluding hydrogens is 139 g/mol. The number of nitrogens with one attached hydrogen (secondary N) is 1. The van der Waals surface area contributed by atoms with Crippen LogP contribution in [0.2, 0.25) is 0 Å². The predicted molar refractivity (Wildman–Crippen MR) is 34.3 cm³/mol. The van der Waals surface area contributed by atoms with Crippen LogP contribution in [-0.2, 0) is 0 Å². The summed E-state index contributed by atoms with van der Waals surface area (Å²) in [6.45, 7) is -0.236. The van der Waals surface area contributed by atoms with Gasteiger partial charge in [0.2, 0.25) is 0 Å². The van der Waals surface area contributed by atoms with Gasteiger partial charge in [-0.1, -0.05) is 0 Å². The van der Waals surface area contributed by atoms with Crippen molar-refractivity contribution in [3.8, 4) is 0 Å². The summed E-state index contributed by atoms with van der Waals surface area (Å²) >= 11 is 0. The SMILES string of the molecule is NC/C=C(\F)CNC(=O)O. The highest BCUT2D eigenvalue weighted by Gasteiger charge is 1.95. The second kappa shape index (κ2) is 4.75. The fourth-order valence-electron chi connectivity index (χ4n) is 0.360. The normalized spacial score (nSPS) is 11.2. The zero-order chi connectivity index (χ0) is 7.98. The van der Waals surface area contributed by atoms with Crippen molar-refractivity contribution in [2.75, 3.05) is 13.1 Å². The van der Waals surface area contributed by atoms with Crippen LogP contribution < -0.4 is 11.1 Å². The van der Waals surface area contributed by atoms with Crippen molar-refractivity contribution in [3.05, 3.63) is 11.9 Å². The maximum Gasteiger partial charge on any atom is 0.405 e. The van der Waals surface area contributed by atoms with Gasteiger partial charge in [-0.2, -0.15) is 0 Å². The number of hydrogen-bond donors (Lipinski definition) is 3. The first kappa shape index (κ1) is 8.90. The van der Waals surface area contributed by atoms with E-state index in [1.54, 1.807) is 0 Å². The van der Waals surface area contributed by atoms with Gasteiger partial charge >= 0.3 is 6.09 Å². The Morgan fingerprint density at radius 2 is 2.40 bits per heavy atom. The molecular formula is C5H9FN2O2. The summed E-state index contributed by atoms with van der Waals surface area (Å²) in [6.07, 6.45) is -0.142. The molecule has 0 atom stereocenters. The van der Waals surface area contributed by atoms with Crippen LogP contribution in [0.4, 0.5) is 9.18 Å². The second-order valence-electron chi connectivity index (χ2n) is 1.55. The lowest BCUT2D eigenvalue weighted by Gasteiger charge is -1.95. The first-order valence-corrected chi connectivity index (χ1v) is 2.68. The van der Waals surface area contributed by atoms with E-state index >= 15 is 0 Å². The van der Waals surface area contributed by atoms with Crippen molar-refractivity contribution >= 4 is 6.09 Å². The van der Waals surface area contributed by atoms with Crippen LogP contribution in [0.25, 0.3) is 0 Å². The molecule has 4 N–H and O–H groups in total. The van der Waals surface area contributed by atoms with Crippen molar-refractivity contribution in [1.29, 1.82) is 0 Å². The standard InChI is InChI=1S/C5H9FN2O2/c6-4(1-2-7)3-8-5(9)10/h1,8H,2-3,7H2,(H,9,10)/b4-1-. The van der Waals surface area contributed by atoms with E-state index in [1.807, 2.05) is 5.32 Å². The smallest absolute Gasteiger partial charge is 0.405 e. The van der Waals surface area contributed by atoms with Crippen LogP contribution in [0.3, 0.4) is 0 Å². The minimum Gasteiger partial charge on any atom is -0.465 e. The van der Waals surface area contributed by atoms with Gasteiger partial charge in [0.25, 0.3) is 0 Å². The molecule has 0 aromatic heterocycles. The molecule has 0 spiro atoms. The number of carboxylic acid groups (broad SMARTS) is 1. The minimum absolute atomic E-state index is 0.0765. The molecule has 5 heteroatoms. The molecule has 0 aliphatic heterocycles. The molecule has 0 saturated heterocycles. The Hall–Kier alpha value is -1.10. The molecule has 0 heterocycles. The Morgan fingerprint density at radius 3 is 2.80 bits per heavy atom. The summed E-state index contributed by atoms with van der Waals surface area (Å²) in [5.41, 5.74) is 4.94. The fourth-order valence-corrected chi connectivity index (χ4v) is 0.360. The van der Waals surface area contributed by atoms with Crippen molar-refractivity contribution in [2.45, 2.75) is 0 Å². The summed E-state index contributed by atoms with van der Waals surface area (Å²) in [7, 11) is 0. The molecule has 0 radical (unpaired) electrons. The van der Waals surface area contributed by atoms with Crippen molar-refractivity contribution in [1.82, 2.24) is 5.32 Å². The number of amides is 1. The van der Waals surface area contributed by atoms with E-state index in [-0.39, 0.29) is 13.1 Å². The number of nitrogens with two attached hydrogens (primary N) is 1. The van der Waals surface area contributed by atoms with E-state index in [9.17, 15) is 9.18 Å². The number of hydrogen-bond acceptors (Lipinski definition) is 2. The Kier molecular flexibility index (Phi) is 4.23. The van der Waals surface area contributed by atoms with Gasteiger partial charge in [0.15, 0.2) is 0 Å². The predicted octanol–water partition coefficient (Wildman–Crippen LogP) is 0.0661. The van der Waals surface area contributed by atoms with Gasteiger partial charge in [-0.3, -0.25) is 0 Å². The maximum atomic E-state index is 12.2. The Bertz CT molecular complexity index is 147. The van der Waals surface area contributed by atoms with Crippen molar-refractivity contribution in [3.63, 3.8) is 0 Å². The minimum atomic E-state index is -1.25. The van der Waals surface area contributed by atoms with Crippen LogP contribution in [0.5, 0.6) is 0 Å². The van der Waals surface area contributed by atoms with Crippen LogP contribution >= 0.6 is 0 Å². The van der Waals surface area contributed by atoms with Gasteiger partial charge < -0.3 is 16.2 Å². The fraction of sp³-hybridized carbons (Fsp3) is 0.400. The van der Waals surface area contributed by atoms with E-state index in [0.717, 1.165) is 6.08 Å². The first-order chi connectivity index (χ1) is 4.66. The quantitative estimate of drug-likeness (QED) is 0.530. The van der Waals surface area contributed by atoms with Gasteiger partial charge in [0.1, 0.15) is 5.83 Å². The molecule has 10 heavy (non-hydrogen) atoms. The lowest BCUT2D eigenvalue weighted by atomic mass is 10.4. The average Bonchev–Trinajstić information content (AvgIpc) is 1.85. The third-order valence-electron chi connectivity index (χ3n) is 0.748. The third kappa shape index (κ3) is 5.04. The molecule has 58 valence electrons. The molecule has 0 aromatic carbocycles. The highest BCUT2D eigenvalue weighted by molar-refractivity contribution is 5.64. The molecule has 4 nitrogen and oxygen atoms in total. The number of halogens is 1. The first-order valence-electron chi connectivity index (χ1n) is 2.68. The Labute approximate surface area is 57.5 Å². The molecule has 0 rings (SSSR count). The van der Waals surface area contributed by atoms with Crippen LogP contribution in [0, 0.1) is 0 Å². The molecule has 0 unspecified atom stereocenters.